The molecular formula is C20H22F2N2O5S. The van der Waals surface area contributed by atoms with Crippen molar-refractivity contribution in [3.8, 4) is 11.5 Å². The summed E-state index contributed by atoms with van der Waals surface area (Å²) in [5, 5.41) is 2.44. The van der Waals surface area contributed by atoms with Crippen LogP contribution in [0.15, 0.2) is 41.3 Å². The molecule has 1 heterocycles. The summed E-state index contributed by atoms with van der Waals surface area (Å²) in [6.07, 6.45) is 0.528. The summed E-state index contributed by atoms with van der Waals surface area (Å²) in [5.74, 6) is -1.96. The summed E-state index contributed by atoms with van der Waals surface area (Å²) in [5.41, 5.74) is -0.113. The van der Waals surface area contributed by atoms with Crippen molar-refractivity contribution in [2.75, 3.05) is 32.6 Å². The van der Waals surface area contributed by atoms with E-state index in [0.717, 1.165) is 12.1 Å². The van der Waals surface area contributed by atoms with Crippen molar-refractivity contribution in [3.63, 3.8) is 0 Å². The Bertz CT molecular complexity index is 1040. The van der Waals surface area contributed by atoms with Crippen LogP contribution >= 0.6 is 0 Å². The molecule has 1 N–H and O–H groups in total. The van der Waals surface area contributed by atoms with E-state index in [2.05, 4.69) is 5.32 Å². The number of anilines is 1. The van der Waals surface area contributed by atoms with E-state index in [-0.39, 0.29) is 42.3 Å². The number of carbonyl (C=O) groups excluding carboxylic acids is 1. The molecule has 0 radical (unpaired) electrons. The van der Waals surface area contributed by atoms with Crippen molar-refractivity contribution >= 4 is 21.6 Å². The highest BCUT2D eigenvalue weighted by Gasteiger charge is 2.34. The predicted molar refractivity (Wildman–Crippen MR) is 106 cm³/mol. The molecule has 2 aromatic carbocycles. The molecule has 1 fully saturated rings. The van der Waals surface area contributed by atoms with Crippen LogP contribution in [-0.2, 0) is 14.8 Å². The molecule has 162 valence electrons. The normalized spacial score (nSPS) is 15.6. The molecule has 0 aliphatic carbocycles. The summed E-state index contributed by atoms with van der Waals surface area (Å²) >= 11 is 0. The van der Waals surface area contributed by atoms with Gasteiger partial charge < -0.3 is 14.8 Å². The van der Waals surface area contributed by atoms with Gasteiger partial charge >= 0.3 is 0 Å². The monoisotopic (exact) mass is 440 g/mol. The lowest BCUT2D eigenvalue weighted by Crippen LogP contribution is -2.41. The van der Waals surface area contributed by atoms with Crippen molar-refractivity contribution in [1.29, 1.82) is 0 Å². The van der Waals surface area contributed by atoms with E-state index in [1.54, 1.807) is 6.07 Å². The van der Waals surface area contributed by atoms with Crippen molar-refractivity contribution in [3.05, 3.63) is 48.0 Å². The van der Waals surface area contributed by atoms with Gasteiger partial charge in [0.25, 0.3) is 0 Å². The molecule has 0 aromatic heterocycles. The molecule has 2 aromatic rings. The number of hydrogen-bond acceptors (Lipinski definition) is 5. The average molecular weight is 440 g/mol. The quantitative estimate of drug-likeness (QED) is 0.747. The number of benzene rings is 2. The number of amides is 1. The van der Waals surface area contributed by atoms with Crippen molar-refractivity contribution in [2.45, 2.75) is 17.7 Å². The van der Waals surface area contributed by atoms with Gasteiger partial charge in [-0.05, 0) is 37.1 Å². The van der Waals surface area contributed by atoms with Crippen LogP contribution < -0.4 is 14.8 Å². The first-order valence-corrected chi connectivity index (χ1v) is 10.7. The third-order valence-electron chi connectivity index (χ3n) is 5.00. The number of ether oxygens (including phenoxy) is 2. The maximum absolute atomic E-state index is 13.8. The fraction of sp³-hybridized carbons (Fsp3) is 0.350. The zero-order chi connectivity index (χ0) is 21.9. The van der Waals surface area contributed by atoms with Crippen LogP contribution in [0.1, 0.15) is 12.8 Å². The van der Waals surface area contributed by atoms with Gasteiger partial charge in [0.2, 0.25) is 15.9 Å². The number of piperidine rings is 1. The number of rotatable bonds is 6. The maximum Gasteiger partial charge on any atom is 0.246 e. The molecule has 1 saturated heterocycles. The summed E-state index contributed by atoms with van der Waals surface area (Å²) in [7, 11) is -1.04. The van der Waals surface area contributed by atoms with Crippen LogP contribution in [0.2, 0.25) is 0 Å². The Labute approximate surface area is 173 Å². The Morgan fingerprint density at radius 2 is 1.77 bits per heavy atom. The van der Waals surface area contributed by atoms with E-state index in [0.29, 0.717) is 11.8 Å². The Hall–Kier alpha value is -2.72. The van der Waals surface area contributed by atoms with Crippen LogP contribution in [0.4, 0.5) is 14.5 Å². The zero-order valence-corrected chi connectivity index (χ0v) is 17.3. The minimum Gasteiger partial charge on any atom is -0.497 e. The van der Waals surface area contributed by atoms with E-state index in [9.17, 15) is 22.0 Å². The molecule has 1 aliphatic heterocycles. The topological polar surface area (TPSA) is 84.9 Å². The Kier molecular flexibility index (Phi) is 6.57. The lowest BCUT2D eigenvalue weighted by Gasteiger charge is -2.31. The lowest BCUT2D eigenvalue weighted by molar-refractivity contribution is -0.120. The molecule has 0 spiro atoms. The highest BCUT2D eigenvalue weighted by molar-refractivity contribution is 7.89. The first-order valence-electron chi connectivity index (χ1n) is 9.24. The van der Waals surface area contributed by atoms with Gasteiger partial charge in [-0.25, -0.2) is 17.2 Å². The SMILES string of the molecule is COc1ccc(OC)c(S(=O)(=O)N2CCC(C(=O)Nc3ccc(F)cc3F)CC2)c1. The molecule has 0 bridgehead atoms. The summed E-state index contributed by atoms with van der Waals surface area (Å²) in [6.45, 7) is 0.235. The molecule has 3 rings (SSSR count). The van der Waals surface area contributed by atoms with Crippen molar-refractivity contribution in [1.82, 2.24) is 4.31 Å². The van der Waals surface area contributed by atoms with Gasteiger partial charge in [0.15, 0.2) is 0 Å². The Morgan fingerprint density at radius 1 is 1.07 bits per heavy atom. The number of nitrogens with zero attached hydrogens (tertiary/aromatic N) is 1. The molecule has 1 amide bonds. The molecule has 0 saturated carbocycles. The number of carbonyl (C=O) groups is 1. The second-order valence-electron chi connectivity index (χ2n) is 6.81. The maximum atomic E-state index is 13.8. The number of methoxy groups -OCH3 is 2. The fourth-order valence-electron chi connectivity index (χ4n) is 3.31. The summed E-state index contributed by atoms with van der Waals surface area (Å²) in [4.78, 5) is 12.4. The Balaban J connectivity index is 1.69. The third-order valence-corrected chi connectivity index (χ3v) is 6.92. The van der Waals surface area contributed by atoms with Gasteiger partial charge in [-0.1, -0.05) is 0 Å². The number of halogens is 2. The number of nitrogens with one attached hydrogen (secondary N) is 1. The zero-order valence-electron chi connectivity index (χ0n) is 16.5. The minimum atomic E-state index is -3.86. The van der Waals surface area contributed by atoms with Crippen LogP contribution in [0.3, 0.4) is 0 Å². The van der Waals surface area contributed by atoms with E-state index < -0.39 is 33.5 Å². The van der Waals surface area contributed by atoms with E-state index >= 15 is 0 Å². The van der Waals surface area contributed by atoms with Crippen LogP contribution in [0, 0.1) is 17.6 Å². The summed E-state index contributed by atoms with van der Waals surface area (Å²) in [6, 6.07) is 7.40. The predicted octanol–water partition coefficient (Wildman–Crippen LogP) is 3.02. The van der Waals surface area contributed by atoms with Gasteiger partial charge in [0.05, 0.1) is 19.9 Å². The second-order valence-corrected chi connectivity index (χ2v) is 8.71. The van der Waals surface area contributed by atoms with E-state index in [1.165, 1.54) is 30.7 Å². The highest BCUT2D eigenvalue weighted by atomic mass is 32.2. The van der Waals surface area contributed by atoms with Crippen molar-refractivity contribution < 1.29 is 31.5 Å². The van der Waals surface area contributed by atoms with Crippen molar-refractivity contribution in [2.24, 2.45) is 5.92 Å². The number of hydrogen-bond donors (Lipinski definition) is 1. The second kappa shape index (κ2) is 8.97. The first kappa shape index (κ1) is 22.0. The van der Waals surface area contributed by atoms with Gasteiger partial charge in [-0.2, -0.15) is 4.31 Å². The average Bonchev–Trinajstić information content (AvgIpc) is 2.75. The lowest BCUT2D eigenvalue weighted by atomic mass is 9.97. The molecule has 7 nitrogen and oxygen atoms in total. The summed E-state index contributed by atoms with van der Waals surface area (Å²) < 4.78 is 64.5. The molecule has 30 heavy (non-hydrogen) atoms. The standard InChI is InChI=1S/C20H22F2N2O5S/c1-28-15-4-6-18(29-2)19(12-15)30(26,27)24-9-7-13(8-10-24)20(25)23-17-5-3-14(21)11-16(17)22/h3-6,11-13H,7-10H2,1-2H3,(H,23,25). The molecule has 1 aliphatic rings. The largest absolute Gasteiger partial charge is 0.497 e. The van der Waals surface area contributed by atoms with E-state index in [4.69, 9.17) is 9.47 Å². The molecule has 10 heteroatoms. The molecular weight excluding hydrogens is 418 g/mol. The smallest absolute Gasteiger partial charge is 0.246 e. The number of sulfonamides is 1. The molecule has 0 atom stereocenters. The fourth-order valence-corrected chi connectivity index (χ4v) is 4.95. The third kappa shape index (κ3) is 4.54. The van der Waals surface area contributed by atoms with E-state index in [1.807, 2.05) is 0 Å². The van der Waals surface area contributed by atoms with Gasteiger partial charge in [0.1, 0.15) is 28.0 Å². The minimum absolute atomic E-state index is 0.0133. The van der Waals surface area contributed by atoms with Crippen LogP contribution in [-0.4, -0.2) is 45.9 Å². The van der Waals surface area contributed by atoms with Gasteiger partial charge in [-0.3, -0.25) is 4.79 Å². The highest BCUT2D eigenvalue weighted by Crippen LogP contribution is 2.33. The van der Waals surface area contributed by atoms with Gasteiger partial charge in [0, 0.05) is 31.1 Å². The van der Waals surface area contributed by atoms with Crippen LogP contribution in [0.25, 0.3) is 0 Å². The molecule has 0 unspecified atom stereocenters. The van der Waals surface area contributed by atoms with Gasteiger partial charge in [-0.15, -0.1) is 0 Å². The first-order chi connectivity index (χ1) is 14.3. The van der Waals surface area contributed by atoms with Crippen LogP contribution in [0.5, 0.6) is 11.5 Å². The Morgan fingerprint density at radius 3 is 2.37 bits per heavy atom.